The minimum absolute atomic E-state index is 0.145. The molecular formula is C22H35F2N3O3. The molecule has 170 valence electrons. The van der Waals surface area contributed by atoms with Crippen LogP contribution >= 0.6 is 0 Å². The van der Waals surface area contributed by atoms with E-state index in [9.17, 15) is 18.4 Å². The van der Waals surface area contributed by atoms with E-state index < -0.39 is 12.5 Å². The zero-order chi connectivity index (χ0) is 21.5. The molecule has 6 nitrogen and oxygen atoms in total. The normalized spacial score (nSPS) is 34.4. The number of rotatable bonds is 4. The number of ether oxygens (including phenoxy) is 1. The van der Waals surface area contributed by atoms with Crippen molar-refractivity contribution < 1.29 is 23.1 Å². The van der Waals surface area contributed by atoms with Crippen LogP contribution in [-0.2, 0) is 9.53 Å². The summed E-state index contributed by atoms with van der Waals surface area (Å²) in [6, 6.07) is 0.224. The van der Waals surface area contributed by atoms with Gasteiger partial charge in [-0.05, 0) is 63.5 Å². The first kappa shape index (κ1) is 21.8. The Kier molecular flexibility index (Phi) is 5.99. The molecule has 3 heterocycles. The van der Waals surface area contributed by atoms with Gasteiger partial charge in [0.2, 0.25) is 5.91 Å². The van der Waals surface area contributed by atoms with E-state index in [4.69, 9.17) is 4.74 Å². The van der Waals surface area contributed by atoms with Crippen molar-refractivity contribution in [3.63, 3.8) is 0 Å². The number of hydrogen-bond acceptors (Lipinski definition) is 4. The molecule has 1 saturated carbocycles. The highest BCUT2D eigenvalue weighted by atomic mass is 19.3. The number of carbonyl (C=O) groups excluding carboxylic acids is 2. The molecule has 4 aliphatic rings. The summed E-state index contributed by atoms with van der Waals surface area (Å²) in [6.07, 6.45) is 4.94. The fourth-order valence-corrected chi connectivity index (χ4v) is 6.25. The molecule has 8 heteroatoms. The maximum absolute atomic E-state index is 14.0. The number of nitrogens with zero attached hydrogens (tertiary/aromatic N) is 3. The standard InChI is InChI=1S/C22H35F2N3O3/c1-3-19(28)27-15-22(23,24)13-18(27)16-5-8-25(9-6-16)17-11-21(12-17)7-10-26(14-21)20(29)30-4-2/h16-18H,3-15H2,1-2H3. The number of amides is 2. The molecule has 2 amide bonds. The summed E-state index contributed by atoms with van der Waals surface area (Å²) >= 11 is 0. The minimum Gasteiger partial charge on any atom is -0.450 e. The lowest BCUT2D eigenvalue weighted by Crippen LogP contribution is -2.55. The van der Waals surface area contributed by atoms with Crippen molar-refractivity contribution in [2.75, 3.05) is 39.3 Å². The summed E-state index contributed by atoms with van der Waals surface area (Å²) in [4.78, 5) is 30.0. The Bertz CT molecular complexity index is 660. The zero-order valence-electron chi connectivity index (χ0n) is 18.2. The Hall–Kier alpha value is -1.44. The predicted molar refractivity (Wildman–Crippen MR) is 108 cm³/mol. The first-order chi connectivity index (χ1) is 14.3. The Morgan fingerprint density at radius 2 is 1.73 bits per heavy atom. The fourth-order valence-electron chi connectivity index (χ4n) is 6.25. The molecule has 1 aliphatic carbocycles. The van der Waals surface area contributed by atoms with Crippen LogP contribution in [0.15, 0.2) is 0 Å². The largest absolute Gasteiger partial charge is 0.450 e. The smallest absolute Gasteiger partial charge is 0.409 e. The number of carbonyl (C=O) groups is 2. The predicted octanol–water partition coefficient (Wildman–Crippen LogP) is 3.36. The van der Waals surface area contributed by atoms with E-state index in [0.29, 0.717) is 19.1 Å². The summed E-state index contributed by atoms with van der Waals surface area (Å²) in [7, 11) is 0. The Morgan fingerprint density at radius 3 is 2.37 bits per heavy atom. The molecule has 3 saturated heterocycles. The summed E-state index contributed by atoms with van der Waals surface area (Å²) in [5.74, 6) is -2.72. The molecule has 1 unspecified atom stereocenters. The Balaban J connectivity index is 1.26. The van der Waals surface area contributed by atoms with E-state index in [0.717, 1.165) is 58.3 Å². The van der Waals surface area contributed by atoms with Gasteiger partial charge in [-0.3, -0.25) is 4.79 Å². The van der Waals surface area contributed by atoms with Gasteiger partial charge in [-0.25, -0.2) is 13.6 Å². The lowest BCUT2D eigenvalue weighted by Gasteiger charge is -2.52. The third kappa shape index (κ3) is 4.16. The highest BCUT2D eigenvalue weighted by Crippen LogP contribution is 2.51. The van der Waals surface area contributed by atoms with Crippen molar-refractivity contribution in [1.29, 1.82) is 0 Å². The monoisotopic (exact) mass is 427 g/mol. The van der Waals surface area contributed by atoms with Gasteiger partial charge in [0, 0.05) is 38.0 Å². The fraction of sp³-hybridized carbons (Fsp3) is 0.909. The highest BCUT2D eigenvalue weighted by molar-refractivity contribution is 5.76. The number of likely N-dealkylation sites (tertiary alicyclic amines) is 3. The van der Waals surface area contributed by atoms with Crippen LogP contribution in [0.4, 0.5) is 13.6 Å². The van der Waals surface area contributed by atoms with Gasteiger partial charge in [-0.15, -0.1) is 0 Å². The second-order valence-corrected chi connectivity index (χ2v) is 9.81. The summed E-state index contributed by atoms with van der Waals surface area (Å²) in [5.41, 5.74) is 0.242. The van der Waals surface area contributed by atoms with Crippen LogP contribution in [0.3, 0.4) is 0 Å². The first-order valence-electron chi connectivity index (χ1n) is 11.6. The lowest BCUT2D eigenvalue weighted by atomic mass is 9.64. The van der Waals surface area contributed by atoms with Gasteiger partial charge >= 0.3 is 6.09 Å². The minimum atomic E-state index is -2.75. The van der Waals surface area contributed by atoms with Crippen LogP contribution in [0.2, 0.25) is 0 Å². The molecule has 0 aromatic heterocycles. The van der Waals surface area contributed by atoms with E-state index in [1.165, 1.54) is 4.90 Å². The third-order valence-corrected chi connectivity index (χ3v) is 7.87. The molecule has 4 rings (SSSR count). The van der Waals surface area contributed by atoms with E-state index in [2.05, 4.69) is 4.90 Å². The van der Waals surface area contributed by atoms with E-state index >= 15 is 0 Å². The highest BCUT2D eigenvalue weighted by Gasteiger charge is 2.53. The summed E-state index contributed by atoms with van der Waals surface area (Å²) in [5, 5.41) is 0. The van der Waals surface area contributed by atoms with Crippen LogP contribution < -0.4 is 0 Å². The molecule has 1 spiro atoms. The van der Waals surface area contributed by atoms with Gasteiger partial charge < -0.3 is 19.4 Å². The maximum atomic E-state index is 14.0. The van der Waals surface area contributed by atoms with E-state index in [-0.39, 0.29) is 35.8 Å². The van der Waals surface area contributed by atoms with Gasteiger partial charge in [-0.2, -0.15) is 0 Å². The maximum Gasteiger partial charge on any atom is 0.409 e. The third-order valence-electron chi connectivity index (χ3n) is 7.87. The van der Waals surface area contributed by atoms with Gasteiger partial charge in [0.05, 0.1) is 13.2 Å². The molecule has 1 atom stereocenters. The Morgan fingerprint density at radius 1 is 1.03 bits per heavy atom. The van der Waals surface area contributed by atoms with Crippen LogP contribution in [0, 0.1) is 11.3 Å². The number of piperidine rings is 1. The van der Waals surface area contributed by atoms with Crippen molar-refractivity contribution >= 4 is 12.0 Å². The van der Waals surface area contributed by atoms with Crippen LogP contribution in [-0.4, -0.2) is 84.0 Å². The van der Waals surface area contributed by atoms with E-state index in [1.54, 1.807) is 6.92 Å². The number of alkyl halides is 2. The zero-order valence-corrected chi connectivity index (χ0v) is 18.2. The molecular weight excluding hydrogens is 392 g/mol. The molecule has 30 heavy (non-hydrogen) atoms. The quantitative estimate of drug-likeness (QED) is 0.691. The average molecular weight is 428 g/mol. The van der Waals surface area contributed by atoms with Crippen molar-refractivity contribution in [2.45, 2.75) is 76.8 Å². The second kappa shape index (κ2) is 8.24. The number of halogens is 2. The SMILES string of the molecule is CCOC(=O)N1CCC2(CC(N3CCC(C4CC(F)(F)CN4C(=O)CC)CC3)C2)C1. The Labute approximate surface area is 177 Å². The van der Waals surface area contributed by atoms with Crippen molar-refractivity contribution in [1.82, 2.24) is 14.7 Å². The summed E-state index contributed by atoms with van der Waals surface area (Å²) in [6.45, 7) is 7.00. The first-order valence-corrected chi connectivity index (χ1v) is 11.6. The lowest BCUT2D eigenvalue weighted by molar-refractivity contribution is -0.134. The molecule has 0 aromatic carbocycles. The number of hydrogen-bond donors (Lipinski definition) is 0. The van der Waals surface area contributed by atoms with Gasteiger partial charge in [0.15, 0.2) is 0 Å². The van der Waals surface area contributed by atoms with Gasteiger partial charge in [0.25, 0.3) is 5.92 Å². The van der Waals surface area contributed by atoms with Crippen molar-refractivity contribution in [3.05, 3.63) is 0 Å². The second-order valence-electron chi connectivity index (χ2n) is 9.81. The van der Waals surface area contributed by atoms with Crippen LogP contribution in [0.5, 0.6) is 0 Å². The molecule has 0 aromatic rings. The molecule has 4 fully saturated rings. The van der Waals surface area contributed by atoms with Gasteiger partial charge in [-0.1, -0.05) is 6.92 Å². The summed E-state index contributed by atoms with van der Waals surface area (Å²) < 4.78 is 33.2. The molecule has 0 radical (unpaired) electrons. The topological polar surface area (TPSA) is 53.1 Å². The van der Waals surface area contributed by atoms with E-state index in [1.807, 2.05) is 11.8 Å². The molecule has 3 aliphatic heterocycles. The molecule has 0 bridgehead atoms. The molecule has 0 N–H and O–H groups in total. The van der Waals surface area contributed by atoms with Crippen molar-refractivity contribution in [3.8, 4) is 0 Å². The van der Waals surface area contributed by atoms with Crippen LogP contribution in [0.25, 0.3) is 0 Å². The average Bonchev–Trinajstić information content (AvgIpc) is 3.28. The van der Waals surface area contributed by atoms with Crippen LogP contribution in [0.1, 0.15) is 58.8 Å². The van der Waals surface area contributed by atoms with Gasteiger partial charge in [0.1, 0.15) is 0 Å². The van der Waals surface area contributed by atoms with Crippen molar-refractivity contribution in [2.24, 2.45) is 11.3 Å².